The van der Waals surface area contributed by atoms with Gasteiger partial charge in [0.25, 0.3) is 0 Å². The van der Waals surface area contributed by atoms with Crippen molar-refractivity contribution in [1.29, 1.82) is 0 Å². The van der Waals surface area contributed by atoms with Crippen LogP contribution in [-0.2, 0) is 28.6 Å². The van der Waals surface area contributed by atoms with Crippen LogP contribution in [0.4, 0.5) is 0 Å². The molecule has 0 aliphatic heterocycles. The Morgan fingerprint density at radius 3 is 1.14 bits per heavy atom. The molecule has 43 heavy (non-hydrogen) atoms. The van der Waals surface area contributed by atoms with Crippen LogP contribution in [0.5, 0.6) is 0 Å². The van der Waals surface area contributed by atoms with Crippen molar-refractivity contribution < 1.29 is 28.6 Å². The molecule has 1 atom stereocenters. The van der Waals surface area contributed by atoms with E-state index in [2.05, 4.69) is 27.7 Å². The lowest BCUT2D eigenvalue weighted by Gasteiger charge is -2.18. The van der Waals surface area contributed by atoms with Crippen LogP contribution in [0.25, 0.3) is 0 Å². The summed E-state index contributed by atoms with van der Waals surface area (Å²) in [4.78, 5) is 37.0. The Balaban J connectivity index is 4.26. The van der Waals surface area contributed by atoms with E-state index in [0.717, 1.165) is 70.1 Å². The van der Waals surface area contributed by atoms with Crippen LogP contribution in [0.1, 0.15) is 195 Å². The number of rotatable bonds is 32. The lowest BCUT2D eigenvalue weighted by atomic mass is 10.0. The molecular formula is C37H70O6. The lowest BCUT2D eigenvalue weighted by molar-refractivity contribution is -0.167. The Labute approximate surface area is 266 Å². The van der Waals surface area contributed by atoms with E-state index in [-0.39, 0.29) is 31.1 Å². The van der Waals surface area contributed by atoms with Crippen molar-refractivity contribution in [3.05, 3.63) is 0 Å². The molecule has 0 saturated carbocycles. The third-order valence-corrected chi connectivity index (χ3v) is 8.04. The quantitative estimate of drug-likeness (QED) is 0.0428. The highest BCUT2D eigenvalue weighted by Gasteiger charge is 2.19. The Morgan fingerprint density at radius 1 is 0.442 bits per heavy atom. The highest BCUT2D eigenvalue weighted by Crippen LogP contribution is 2.15. The summed E-state index contributed by atoms with van der Waals surface area (Å²) in [6.45, 7) is 8.82. The SMILES string of the molecule is CCCCCCCCCC(=O)OC[C@@H](COC(=O)CCCCCCC)OC(=O)CCCCCCCCCCCCC(C)C. The Kier molecular flexibility index (Phi) is 30.6. The molecule has 0 bridgehead atoms. The van der Waals surface area contributed by atoms with Gasteiger partial charge in [-0.2, -0.15) is 0 Å². The monoisotopic (exact) mass is 611 g/mol. The molecule has 0 aromatic heterocycles. The molecular weight excluding hydrogens is 540 g/mol. The van der Waals surface area contributed by atoms with Crippen LogP contribution in [0.15, 0.2) is 0 Å². The number of carbonyl (C=O) groups is 3. The minimum absolute atomic E-state index is 0.0671. The molecule has 0 aliphatic carbocycles. The zero-order chi connectivity index (χ0) is 31.8. The second-order valence-electron chi connectivity index (χ2n) is 13.0. The first-order valence-electron chi connectivity index (χ1n) is 18.4. The highest BCUT2D eigenvalue weighted by atomic mass is 16.6. The summed E-state index contributed by atoms with van der Waals surface area (Å²) < 4.78 is 16.4. The maximum absolute atomic E-state index is 12.5. The van der Waals surface area contributed by atoms with E-state index >= 15 is 0 Å². The van der Waals surface area contributed by atoms with Gasteiger partial charge in [-0.05, 0) is 25.2 Å². The zero-order valence-corrected chi connectivity index (χ0v) is 28.9. The number of hydrogen-bond donors (Lipinski definition) is 0. The Hall–Kier alpha value is -1.59. The molecule has 254 valence electrons. The van der Waals surface area contributed by atoms with Crippen LogP contribution >= 0.6 is 0 Å². The first-order valence-corrected chi connectivity index (χ1v) is 18.4. The van der Waals surface area contributed by atoms with Crippen molar-refractivity contribution in [3.63, 3.8) is 0 Å². The lowest BCUT2D eigenvalue weighted by Crippen LogP contribution is -2.30. The summed E-state index contributed by atoms with van der Waals surface area (Å²) in [7, 11) is 0. The van der Waals surface area contributed by atoms with Crippen LogP contribution in [0.3, 0.4) is 0 Å². The van der Waals surface area contributed by atoms with Crippen molar-refractivity contribution in [3.8, 4) is 0 Å². The average molecular weight is 611 g/mol. The van der Waals surface area contributed by atoms with Gasteiger partial charge in [-0.1, -0.05) is 156 Å². The van der Waals surface area contributed by atoms with E-state index in [4.69, 9.17) is 14.2 Å². The fraction of sp³-hybridized carbons (Fsp3) is 0.919. The zero-order valence-electron chi connectivity index (χ0n) is 28.9. The van der Waals surface area contributed by atoms with Gasteiger partial charge in [0.1, 0.15) is 13.2 Å². The van der Waals surface area contributed by atoms with Crippen molar-refractivity contribution in [2.75, 3.05) is 13.2 Å². The molecule has 0 aromatic rings. The first kappa shape index (κ1) is 41.4. The molecule has 0 heterocycles. The van der Waals surface area contributed by atoms with Gasteiger partial charge in [-0.15, -0.1) is 0 Å². The molecule has 0 N–H and O–H groups in total. The van der Waals surface area contributed by atoms with Crippen molar-refractivity contribution >= 4 is 17.9 Å². The summed E-state index contributed by atoms with van der Waals surface area (Å²) in [5.74, 6) is -0.0715. The first-order chi connectivity index (χ1) is 20.9. The normalized spacial score (nSPS) is 11.9. The summed E-state index contributed by atoms with van der Waals surface area (Å²) in [6, 6.07) is 0. The van der Waals surface area contributed by atoms with Crippen molar-refractivity contribution in [2.24, 2.45) is 5.92 Å². The summed E-state index contributed by atoms with van der Waals surface area (Å²) in [5.41, 5.74) is 0. The van der Waals surface area contributed by atoms with Gasteiger partial charge in [-0.3, -0.25) is 14.4 Å². The van der Waals surface area contributed by atoms with Gasteiger partial charge in [0.2, 0.25) is 0 Å². The smallest absolute Gasteiger partial charge is 0.306 e. The molecule has 0 fully saturated rings. The Bertz CT molecular complexity index is 647. The number of unbranched alkanes of at least 4 members (excludes halogenated alkanes) is 19. The van der Waals surface area contributed by atoms with E-state index in [1.54, 1.807) is 0 Å². The van der Waals surface area contributed by atoms with Gasteiger partial charge in [0, 0.05) is 19.3 Å². The maximum Gasteiger partial charge on any atom is 0.306 e. The van der Waals surface area contributed by atoms with E-state index in [1.165, 1.54) is 83.5 Å². The maximum atomic E-state index is 12.5. The van der Waals surface area contributed by atoms with Crippen LogP contribution in [0.2, 0.25) is 0 Å². The number of esters is 3. The number of carbonyl (C=O) groups excluding carboxylic acids is 3. The van der Waals surface area contributed by atoms with Gasteiger partial charge in [-0.25, -0.2) is 0 Å². The van der Waals surface area contributed by atoms with Crippen LogP contribution in [-0.4, -0.2) is 37.2 Å². The van der Waals surface area contributed by atoms with E-state index in [0.29, 0.717) is 19.3 Å². The second kappa shape index (κ2) is 31.8. The Morgan fingerprint density at radius 2 is 0.767 bits per heavy atom. The molecule has 6 nitrogen and oxygen atoms in total. The minimum atomic E-state index is -0.755. The second-order valence-corrected chi connectivity index (χ2v) is 13.0. The molecule has 0 unspecified atom stereocenters. The topological polar surface area (TPSA) is 78.9 Å². The molecule has 0 aliphatic rings. The fourth-order valence-electron chi connectivity index (χ4n) is 5.21. The molecule has 6 heteroatoms. The number of hydrogen-bond acceptors (Lipinski definition) is 6. The summed E-state index contributed by atoms with van der Waals surface area (Å²) in [6.07, 6.45) is 27.0. The molecule has 0 aromatic carbocycles. The predicted molar refractivity (Wildman–Crippen MR) is 178 cm³/mol. The summed E-state index contributed by atoms with van der Waals surface area (Å²) >= 11 is 0. The fourth-order valence-corrected chi connectivity index (χ4v) is 5.21. The van der Waals surface area contributed by atoms with Gasteiger partial charge in [0.05, 0.1) is 0 Å². The van der Waals surface area contributed by atoms with Crippen LogP contribution < -0.4 is 0 Å². The van der Waals surface area contributed by atoms with Crippen LogP contribution in [0, 0.1) is 5.92 Å². The summed E-state index contributed by atoms with van der Waals surface area (Å²) in [5, 5.41) is 0. The van der Waals surface area contributed by atoms with Crippen molar-refractivity contribution in [1.82, 2.24) is 0 Å². The standard InChI is InChI=1S/C37H70O6/c1-5-7-9-11-16-21-25-29-36(39)42-32-34(31-41-35(38)28-24-19-10-8-6-2)43-37(40)30-26-22-18-15-13-12-14-17-20-23-27-33(3)4/h33-34H,5-32H2,1-4H3/t34-/m1/s1. The third kappa shape index (κ3) is 31.6. The predicted octanol–water partition coefficient (Wildman–Crippen LogP) is 10.8. The third-order valence-electron chi connectivity index (χ3n) is 8.04. The molecule has 0 radical (unpaired) electrons. The van der Waals surface area contributed by atoms with Crippen molar-refractivity contribution in [2.45, 2.75) is 201 Å². The van der Waals surface area contributed by atoms with Gasteiger partial charge >= 0.3 is 17.9 Å². The number of ether oxygens (including phenoxy) is 3. The molecule has 0 spiro atoms. The van der Waals surface area contributed by atoms with E-state index in [1.807, 2.05) is 0 Å². The van der Waals surface area contributed by atoms with Gasteiger partial charge < -0.3 is 14.2 Å². The van der Waals surface area contributed by atoms with E-state index < -0.39 is 6.10 Å². The highest BCUT2D eigenvalue weighted by molar-refractivity contribution is 5.71. The molecule has 0 rings (SSSR count). The minimum Gasteiger partial charge on any atom is -0.462 e. The molecule has 0 saturated heterocycles. The average Bonchev–Trinajstić information content (AvgIpc) is 2.98. The molecule has 0 amide bonds. The van der Waals surface area contributed by atoms with E-state index in [9.17, 15) is 14.4 Å². The van der Waals surface area contributed by atoms with Gasteiger partial charge in [0.15, 0.2) is 6.10 Å². The largest absolute Gasteiger partial charge is 0.462 e.